The van der Waals surface area contributed by atoms with Gasteiger partial charge >= 0.3 is 0 Å². The summed E-state index contributed by atoms with van der Waals surface area (Å²) in [4.78, 5) is 27.5. The predicted molar refractivity (Wildman–Crippen MR) is 117 cm³/mol. The lowest BCUT2D eigenvalue weighted by atomic mass is 9.99. The minimum absolute atomic E-state index is 0.0126. The molecule has 0 aliphatic carbocycles. The summed E-state index contributed by atoms with van der Waals surface area (Å²) in [5.74, 6) is -0.103. The Labute approximate surface area is 171 Å². The Morgan fingerprint density at radius 2 is 1.72 bits per heavy atom. The summed E-state index contributed by atoms with van der Waals surface area (Å²) >= 11 is 0. The Morgan fingerprint density at radius 1 is 0.931 bits per heavy atom. The molecule has 2 amide bonds. The highest BCUT2D eigenvalue weighted by Crippen LogP contribution is 2.31. The molecule has 1 N–H and O–H groups in total. The average molecular weight is 384 g/mol. The van der Waals surface area contributed by atoms with Gasteiger partial charge in [-0.05, 0) is 74.2 Å². The first kappa shape index (κ1) is 18.9. The molecule has 1 aliphatic rings. The number of carbonyl (C=O) groups excluding carboxylic acids is 2. The molecule has 0 saturated heterocycles. The van der Waals surface area contributed by atoms with Crippen LogP contribution in [0.5, 0.6) is 0 Å². The molecule has 146 valence electrons. The molecule has 0 saturated carbocycles. The molecule has 3 aromatic rings. The smallest absolute Gasteiger partial charge is 0.258 e. The van der Waals surface area contributed by atoms with E-state index < -0.39 is 0 Å². The van der Waals surface area contributed by atoms with Gasteiger partial charge in [0, 0.05) is 29.0 Å². The number of benzene rings is 3. The van der Waals surface area contributed by atoms with E-state index in [9.17, 15) is 9.59 Å². The van der Waals surface area contributed by atoms with Crippen LogP contribution >= 0.6 is 0 Å². The number of hydrogen-bond acceptors (Lipinski definition) is 2. The molecule has 4 rings (SSSR count). The van der Waals surface area contributed by atoms with Crippen LogP contribution in [-0.2, 0) is 6.42 Å². The van der Waals surface area contributed by atoms with Crippen molar-refractivity contribution in [1.82, 2.24) is 0 Å². The van der Waals surface area contributed by atoms with Gasteiger partial charge in [-0.3, -0.25) is 9.59 Å². The van der Waals surface area contributed by atoms with Gasteiger partial charge < -0.3 is 10.2 Å². The minimum atomic E-state index is -0.115. The lowest BCUT2D eigenvalue weighted by molar-refractivity contribution is 0.0983. The van der Waals surface area contributed by atoms with Crippen molar-refractivity contribution >= 4 is 23.2 Å². The Hall–Kier alpha value is -3.40. The van der Waals surface area contributed by atoms with Crippen LogP contribution in [-0.4, -0.2) is 18.4 Å². The third kappa shape index (κ3) is 3.92. The summed E-state index contributed by atoms with van der Waals surface area (Å²) in [6, 6.07) is 21.0. The lowest BCUT2D eigenvalue weighted by Gasteiger charge is -2.30. The summed E-state index contributed by atoms with van der Waals surface area (Å²) in [6.45, 7) is 4.66. The second-order valence-corrected chi connectivity index (χ2v) is 7.54. The van der Waals surface area contributed by atoms with Crippen molar-refractivity contribution in [3.05, 3.63) is 94.5 Å². The quantitative estimate of drug-likeness (QED) is 0.679. The van der Waals surface area contributed by atoms with Crippen molar-refractivity contribution in [3.8, 4) is 0 Å². The van der Waals surface area contributed by atoms with Gasteiger partial charge in [0.2, 0.25) is 0 Å². The summed E-state index contributed by atoms with van der Waals surface area (Å²) in [5, 5.41) is 3.00. The maximum absolute atomic E-state index is 12.9. The van der Waals surface area contributed by atoms with E-state index >= 15 is 0 Å². The zero-order valence-electron chi connectivity index (χ0n) is 16.7. The van der Waals surface area contributed by atoms with Gasteiger partial charge in [0.1, 0.15) is 0 Å². The first-order valence-electron chi connectivity index (χ1n) is 9.91. The Morgan fingerprint density at radius 3 is 2.48 bits per heavy atom. The molecular weight excluding hydrogens is 360 g/mol. The summed E-state index contributed by atoms with van der Waals surface area (Å²) in [7, 11) is 0. The molecule has 4 heteroatoms. The van der Waals surface area contributed by atoms with Crippen LogP contribution < -0.4 is 10.2 Å². The Balaban J connectivity index is 1.57. The number of rotatable bonds is 3. The second kappa shape index (κ2) is 7.92. The van der Waals surface area contributed by atoms with E-state index in [1.807, 2.05) is 85.5 Å². The first-order valence-corrected chi connectivity index (χ1v) is 9.91. The molecule has 3 aromatic carbocycles. The minimum Gasteiger partial charge on any atom is -0.322 e. The van der Waals surface area contributed by atoms with Gasteiger partial charge in [-0.1, -0.05) is 35.9 Å². The van der Waals surface area contributed by atoms with Crippen LogP contribution in [0.3, 0.4) is 0 Å². The molecular formula is C25H24N2O2. The molecule has 0 atom stereocenters. The average Bonchev–Trinajstić information content (AvgIpc) is 2.73. The van der Waals surface area contributed by atoms with Gasteiger partial charge in [-0.2, -0.15) is 0 Å². The number of aryl methyl sites for hydroxylation is 3. The number of anilines is 2. The van der Waals surface area contributed by atoms with Crippen molar-refractivity contribution in [1.29, 1.82) is 0 Å². The highest BCUT2D eigenvalue weighted by atomic mass is 16.2. The van der Waals surface area contributed by atoms with Crippen LogP contribution in [0.15, 0.2) is 66.7 Å². The van der Waals surface area contributed by atoms with Gasteiger partial charge in [-0.25, -0.2) is 0 Å². The molecule has 1 aliphatic heterocycles. The molecule has 0 spiro atoms. The van der Waals surface area contributed by atoms with E-state index in [0.717, 1.165) is 40.9 Å². The number of nitrogens with zero attached hydrogens (tertiary/aromatic N) is 1. The van der Waals surface area contributed by atoms with Crippen LogP contribution in [0.25, 0.3) is 0 Å². The molecule has 0 radical (unpaired) electrons. The summed E-state index contributed by atoms with van der Waals surface area (Å²) in [5.41, 5.74) is 6.22. The second-order valence-electron chi connectivity index (χ2n) is 7.54. The molecule has 0 aromatic heterocycles. The molecule has 1 heterocycles. The predicted octanol–water partition coefficient (Wildman–Crippen LogP) is 5.15. The van der Waals surface area contributed by atoms with E-state index in [1.54, 1.807) is 0 Å². The maximum atomic E-state index is 12.9. The molecule has 4 nitrogen and oxygen atoms in total. The molecule has 0 fully saturated rings. The van der Waals surface area contributed by atoms with Gasteiger partial charge in [0.05, 0.1) is 0 Å². The largest absolute Gasteiger partial charge is 0.322 e. The van der Waals surface area contributed by atoms with Crippen molar-refractivity contribution in [2.75, 3.05) is 16.8 Å². The zero-order valence-corrected chi connectivity index (χ0v) is 16.7. The van der Waals surface area contributed by atoms with Crippen LogP contribution in [0, 0.1) is 13.8 Å². The number of fused-ring (bicyclic) bond motifs is 1. The van der Waals surface area contributed by atoms with E-state index in [-0.39, 0.29) is 11.8 Å². The van der Waals surface area contributed by atoms with Crippen molar-refractivity contribution < 1.29 is 9.59 Å². The molecule has 29 heavy (non-hydrogen) atoms. The standard InChI is InChI=1S/C25H24N2O2/c1-17-10-12-22(18(2)15-17)24(28)26-21-11-13-23-20(16-21)9-6-14-27(23)25(29)19-7-4-3-5-8-19/h3-5,7-8,10-13,15-16H,6,9,14H2,1-2H3,(H,26,28). The Bertz CT molecular complexity index is 1070. The topological polar surface area (TPSA) is 49.4 Å². The Kier molecular flexibility index (Phi) is 5.17. The van der Waals surface area contributed by atoms with Crippen LogP contribution in [0.1, 0.15) is 43.8 Å². The van der Waals surface area contributed by atoms with E-state index in [0.29, 0.717) is 17.7 Å². The van der Waals surface area contributed by atoms with E-state index in [2.05, 4.69) is 5.32 Å². The van der Waals surface area contributed by atoms with E-state index in [4.69, 9.17) is 0 Å². The summed E-state index contributed by atoms with van der Waals surface area (Å²) in [6.07, 6.45) is 1.79. The fraction of sp³-hybridized carbons (Fsp3) is 0.200. The fourth-order valence-electron chi connectivity index (χ4n) is 3.89. The van der Waals surface area contributed by atoms with Crippen molar-refractivity contribution in [2.24, 2.45) is 0 Å². The third-order valence-corrected chi connectivity index (χ3v) is 5.35. The van der Waals surface area contributed by atoms with Crippen LogP contribution in [0.2, 0.25) is 0 Å². The number of amides is 2. The lowest BCUT2D eigenvalue weighted by Crippen LogP contribution is -2.35. The van der Waals surface area contributed by atoms with Gasteiger partial charge in [-0.15, -0.1) is 0 Å². The fourth-order valence-corrected chi connectivity index (χ4v) is 3.89. The number of hydrogen-bond donors (Lipinski definition) is 1. The van der Waals surface area contributed by atoms with Crippen molar-refractivity contribution in [2.45, 2.75) is 26.7 Å². The van der Waals surface area contributed by atoms with Crippen LogP contribution in [0.4, 0.5) is 11.4 Å². The van der Waals surface area contributed by atoms with E-state index in [1.165, 1.54) is 0 Å². The maximum Gasteiger partial charge on any atom is 0.258 e. The normalized spacial score (nSPS) is 13.0. The van der Waals surface area contributed by atoms with Gasteiger partial charge in [0.25, 0.3) is 11.8 Å². The van der Waals surface area contributed by atoms with Gasteiger partial charge in [0.15, 0.2) is 0 Å². The first-order chi connectivity index (χ1) is 14.0. The monoisotopic (exact) mass is 384 g/mol. The third-order valence-electron chi connectivity index (χ3n) is 5.35. The molecule has 0 bridgehead atoms. The highest BCUT2D eigenvalue weighted by Gasteiger charge is 2.24. The summed E-state index contributed by atoms with van der Waals surface area (Å²) < 4.78 is 0. The number of nitrogens with one attached hydrogen (secondary N) is 1. The SMILES string of the molecule is Cc1ccc(C(=O)Nc2ccc3c(c2)CCCN3C(=O)c2ccccc2)c(C)c1. The highest BCUT2D eigenvalue weighted by molar-refractivity contribution is 6.08. The van der Waals surface area contributed by atoms with Crippen molar-refractivity contribution in [3.63, 3.8) is 0 Å². The zero-order chi connectivity index (χ0) is 20.4. The molecule has 0 unspecified atom stereocenters. The number of carbonyl (C=O) groups is 2.